The predicted molar refractivity (Wildman–Crippen MR) is 84.4 cm³/mol. The number of hydrogen-bond donors (Lipinski definition) is 0. The zero-order chi connectivity index (χ0) is 15.5. The molecule has 0 saturated carbocycles. The highest BCUT2D eigenvalue weighted by molar-refractivity contribution is 5.79. The van der Waals surface area contributed by atoms with E-state index in [1.165, 1.54) is 0 Å². The Bertz CT molecular complexity index is 647. The van der Waals surface area contributed by atoms with Crippen LogP contribution in [-0.2, 0) is 17.8 Å². The summed E-state index contributed by atoms with van der Waals surface area (Å²) in [6.07, 6.45) is 8.25. The van der Waals surface area contributed by atoms with Crippen molar-refractivity contribution in [1.82, 2.24) is 19.7 Å². The molecular weight excluding hydrogens is 276 g/mol. The Morgan fingerprint density at radius 3 is 2.86 bits per heavy atom. The van der Waals surface area contributed by atoms with E-state index in [-0.39, 0.29) is 11.9 Å². The Morgan fingerprint density at radius 1 is 1.32 bits per heavy atom. The van der Waals surface area contributed by atoms with Crippen molar-refractivity contribution in [2.75, 3.05) is 6.54 Å². The van der Waals surface area contributed by atoms with Gasteiger partial charge in [0.25, 0.3) is 0 Å². The van der Waals surface area contributed by atoms with E-state index in [9.17, 15) is 4.79 Å². The van der Waals surface area contributed by atoms with Gasteiger partial charge in [-0.05, 0) is 43.9 Å². The molecule has 0 radical (unpaired) electrons. The van der Waals surface area contributed by atoms with Crippen LogP contribution in [0.3, 0.4) is 0 Å². The van der Waals surface area contributed by atoms with Gasteiger partial charge < -0.3 is 4.90 Å². The number of carbonyl (C=O) groups is 1. The molecule has 0 N–H and O–H groups in total. The lowest BCUT2D eigenvalue weighted by atomic mass is 10.1. The molecule has 5 heteroatoms. The fourth-order valence-electron chi connectivity index (χ4n) is 3.02. The third-order valence-electron chi connectivity index (χ3n) is 4.19. The van der Waals surface area contributed by atoms with Gasteiger partial charge in [-0.15, -0.1) is 0 Å². The van der Waals surface area contributed by atoms with Crippen molar-refractivity contribution in [3.63, 3.8) is 0 Å². The summed E-state index contributed by atoms with van der Waals surface area (Å²) in [6.45, 7) is 5.62. The van der Waals surface area contributed by atoms with Gasteiger partial charge in [-0.25, -0.2) is 0 Å². The maximum absolute atomic E-state index is 12.6. The second-order valence-electron chi connectivity index (χ2n) is 6.11. The van der Waals surface area contributed by atoms with Crippen LogP contribution in [0.4, 0.5) is 0 Å². The smallest absolute Gasteiger partial charge is 0.227 e. The van der Waals surface area contributed by atoms with Crippen LogP contribution in [-0.4, -0.2) is 38.2 Å². The summed E-state index contributed by atoms with van der Waals surface area (Å²) in [5, 5.41) is 4.34. The predicted octanol–water partition coefficient (Wildman–Crippen LogP) is 2.13. The van der Waals surface area contributed by atoms with E-state index in [2.05, 4.69) is 10.1 Å². The SMILES string of the molecule is Cc1cnn(C[C@H]2CCCN2C(=O)Cc2ccc(C)nc2)c1. The molecule has 0 bridgehead atoms. The minimum atomic E-state index is 0.192. The van der Waals surface area contributed by atoms with Gasteiger partial charge in [0.1, 0.15) is 0 Å². The molecule has 3 rings (SSSR count). The molecule has 0 aliphatic carbocycles. The molecule has 5 nitrogen and oxygen atoms in total. The third kappa shape index (κ3) is 3.35. The molecule has 2 aromatic heterocycles. The molecule has 1 amide bonds. The number of pyridine rings is 1. The molecule has 1 aliphatic heterocycles. The fraction of sp³-hybridized carbons (Fsp3) is 0.471. The Morgan fingerprint density at radius 2 is 2.18 bits per heavy atom. The molecule has 3 heterocycles. The van der Waals surface area contributed by atoms with Gasteiger partial charge in [0, 0.05) is 24.6 Å². The lowest BCUT2D eigenvalue weighted by Gasteiger charge is -2.24. The summed E-state index contributed by atoms with van der Waals surface area (Å²) in [4.78, 5) is 18.8. The monoisotopic (exact) mass is 298 g/mol. The largest absolute Gasteiger partial charge is 0.338 e. The number of nitrogens with zero attached hydrogens (tertiary/aromatic N) is 4. The van der Waals surface area contributed by atoms with Crippen molar-refractivity contribution in [3.05, 3.63) is 47.5 Å². The summed E-state index contributed by atoms with van der Waals surface area (Å²) >= 11 is 0. The Kier molecular flexibility index (Phi) is 4.22. The van der Waals surface area contributed by atoms with E-state index < -0.39 is 0 Å². The number of rotatable bonds is 4. The average molecular weight is 298 g/mol. The first-order valence-corrected chi connectivity index (χ1v) is 7.82. The van der Waals surface area contributed by atoms with Crippen molar-refractivity contribution >= 4 is 5.91 Å². The molecule has 22 heavy (non-hydrogen) atoms. The standard InChI is InChI=1S/C17H22N4O/c1-13-9-19-20(11-13)12-16-4-3-7-21(16)17(22)8-15-6-5-14(2)18-10-15/h5-6,9-11,16H,3-4,7-8,12H2,1-2H3/t16-/m1/s1. The summed E-state index contributed by atoms with van der Waals surface area (Å²) in [5.41, 5.74) is 3.11. The molecule has 116 valence electrons. The van der Waals surface area contributed by atoms with Gasteiger partial charge in [0.2, 0.25) is 5.91 Å². The molecule has 0 unspecified atom stereocenters. The average Bonchev–Trinajstić information content (AvgIpc) is 3.11. The van der Waals surface area contributed by atoms with Crippen LogP contribution in [0.25, 0.3) is 0 Å². The minimum Gasteiger partial charge on any atom is -0.338 e. The number of aromatic nitrogens is 3. The van der Waals surface area contributed by atoms with Crippen molar-refractivity contribution in [1.29, 1.82) is 0 Å². The Labute approximate surface area is 131 Å². The zero-order valence-electron chi connectivity index (χ0n) is 13.2. The summed E-state index contributed by atoms with van der Waals surface area (Å²) in [6, 6.07) is 4.20. The van der Waals surface area contributed by atoms with E-state index in [1.54, 1.807) is 6.20 Å². The zero-order valence-corrected chi connectivity index (χ0v) is 13.2. The summed E-state index contributed by atoms with van der Waals surface area (Å²) in [7, 11) is 0. The number of likely N-dealkylation sites (tertiary alicyclic amines) is 1. The first kappa shape index (κ1) is 14.8. The normalized spacial score (nSPS) is 17.9. The second kappa shape index (κ2) is 6.30. The van der Waals surface area contributed by atoms with Gasteiger partial charge in [0.05, 0.1) is 25.2 Å². The lowest BCUT2D eigenvalue weighted by molar-refractivity contribution is -0.131. The maximum Gasteiger partial charge on any atom is 0.227 e. The first-order chi connectivity index (χ1) is 10.6. The Hall–Kier alpha value is -2.17. The first-order valence-electron chi connectivity index (χ1n) is 7.82. The Balaban J connectivity index is 1.64. The van der Waals surface area contributed by atoms with Crippen LogP contribution < -0.4 is 0 Å². The van der Waals surface area contributed by atoms with Crippen molar-refractivity contribution in [3.8, 4) is 0 Å². The van der Waals surface area contributed by atoms with Gasteiger partial charge >= 0.3 is 0 Å². The maximum atomic E-state index is 12.6. The van der Waals surface area contributed by atoms with Crippen LogP contribution >= 0.6 is 0 Å². The molecule has 1 fully saturated rings. The number of carbonyl (C=O) groups excluding carboxylic acids is 1. The van der Waals surface area contributed by atoms with Crippen LogP contribution in [0, 0.1) is 13.8 Å². The van der Waals surface area contributed by atoms with Crippen LogP contribution in [0.2, 0.25) is 0 Å². The van der Waals surface area contributed by atoms with E-state index in [4.69, 9.17) is 0 Å². The molecule has 1 atom stereocenters. The lowest BCUT2D eigenvalue weighted by Crippen LogP contribution is -2.39. The molecule has 2 aromatic rings. The fourth-order valence-corrected chi connectivity index (χ4v) is 3.02. The number of hydrogen-bond acceptors (Lipinski definition) is 3. The molecule has 0 aromatic carbocycles. The van der Waals surface area contributed by atoms with E-state index in [0.717, 1.165) is 42.8 Å². The quantitative estimate of drug-likeness (QED) is 0.869. The molecular formula is C17H22N4O. The van der Waals surface area contributed by atoms with E-state index in [0.29, 0.717) is 6.42 Å². The van der Waals surface area contributed by atoms with E-state index in [1.807, 2.05) is 48.0 Å². The van der Waals surface area contributed by atoms with Crippen LogP contribution in [0.5, 0.6) is 0 Å². The van der Waals surface area contributed by atoms with Crippen molar-refractivity contribution in [2.24, 2.45) is 0 Å². The second-order valence-corrected chi connectivity index (χ2v) is 6.11. The highest BCUT2D eigenvalue weighted by atomic mass is 16.2. The number of amides is 1. The van der Waals surface area contributed by atoms with Gasteiger partial charge in [-0.3, -0.25) is 14.5 Å². The van der Waals surface area contributed by atoms with Crippen LogP contribution in [0.1, 0.15) is 29.7 Å². The number of aryl methyl sites for hydroxylation is 2. The minimum absolute atomic E-state index is 0.192. The molecule has 1 aliphatic rings. The van der Waals surface area contributed by atoms with Gasteiger partial charge in [-0.2, -0.15) is 5.10 Å². The summed E-state index contributed by atoms with van der Waals surface area (Å²) < 4.78 is 1.94. The van der Waals surface area contributed by atoms with Crippen molar-refractivity contribution in [2.45, 2.75) is 45.7 Å². The highest BCUT2D eigenvalue weighted by Crippen LogP contribution is 2.20. The van der Waals surface area contributed by atoms with Gasteiger partial charge in [0.15, 0.2) is 0 Å². The third-order valence-corrected chi connectivity index (χ3v) is 4.19. The topological polar surface area (TPSA) is 51.0 Å². The molecule has 0 spiro atoms. The van der Waals surface area contributed by atoms with Crippen LogP contribution in [0.15, 0.2) is 30.7 Å². The van der Waals surface area contributed by atoms with Crippen molar-refractivity contribution < 1.29 is 4.79 Å². The summed E-state index contributed by atoms with van der Waals surface area (Å²) in [5.74, 6) is 0.192. The van der Waals surface area contributed by atoms with E-state index >= 15 is 0 Å². The molecule has 1 saturated heterocycles. The van der Waals surface area contributed by atoms with Gasteiger partial charge in [-0.1, -0.05) is 6.07 Å². The highest BCUT2D eigenvalue weighted by Gasteiger charge is 2.29.